The SMILES string of the molecule is CC(=O)CN(C)CCOCCOCCN=C(N)N. The summed E-state index contributed by atoms with van der Waals surface area (Å²) in [5.74, 6) is 0.226. The predicted octanol–water partition coefficient (Wildman–Crippen LogP) is -1.19. The number of hydrogen-bond donors (Lipinski definition) is 2. The maximum Gasteiger partial charge on any atom is 0.185 e. The zero-order chi connectivity index (χ0) is 13.8. The van der Waals surface area contributed by atoms with E-state index in [1.807, 2.05) is 11.9 Å². The molecule has 7 nitrogen and oxygen atoms in total. The van der Waals surface area contributed by atoms with Crippen LogP contribution < -0.4 is 11.5 Å². The van der Waals surface area contributed by atoms with Gasteiger partial charge in [-0.05, 0) is 14.0 Å². The molecule has 0 spiro atoms. The smallest absolute Gasteiger partial charge is 0.185 e. The predicted molar refractivity (Wildman–Crippen MR) is 70.5 cm³/mol. The van der Waals surface area contributed by atoms with Gasteiger partial charge in [-0.15, -0.1) is 0 Å². The van der Waals surface area contributed by atoms with Crippen LogP contribution in [0.3, 0.4) is 0 Å². The summed E-state index contributed by atoms with van der Waals surface area (Å²) < 4.78 is 10.6. The molecule has 0 saturated heterocycles. The molecule has 0 amide bonds. The molecule has 0 heterocycles. The fourth-order valence-electron chi connectivity index (χ4n) is 1.24. The quantitative estimate of drug-likeness (QED) is 0.275. The van der Waals surface area contributed by atoms with E-state index in [2.05, 4.69) is 4.99 Å². The van der Waals surface area contributed by atoms with Gasteiger partial charge in [0, 0.05) is 6.54 Å². The van der Waals surface area contributed by atoms with Crippen LogP contribution in [0.5, 0.6) is 0 Å². The molecular formula is C11H24N4O3. The van der Waals surface area contributed by atoms with Crippen LogP contribution in [0.4, 0.5) is 0 Å². The molecule has 4 N–H and O–H groups in total. The van der Waals surface area contributed by atoms with E-state index in [0.717, 1.165) is 6.54 Å². The molecule has 0 aliphatic rings. The van der Waals surface area contributed by atoms with E-state index in [1.165, 1.54) is 0 Å². The van der Waals surface area contributed by atoms with Crippen LogP contribution in [0.15, 0.2) is 4.99 Å². The lowest BCUT2D eigenvalue weighted by Crippen LogP contribution is -2.28. The highest BCUT2D eigenvalue weighted by molar-refractivity contribution is 5.77. The summed E-state index contributed by atoms with van der Waals surface area (Å²) in [5, 5.41) is 0. The lowest BCUT2D eigenvalue weighted by Gasteiger charge is -2.14. The number of Topliss-reactive ketones (excluding diaryl/α,β-unsaturated/α-hetero) is 1. The van der Waals surface area contributed by atoms with Crippen LogP contribution in [0.1, 0.15) is 6.92 Å². The van der Waals surface area contributed by atoms with Gasteiger partial charge in [0.1, 0.15) is 5.78 Å². The van der Waals surface area contributed by atoms with E-state index in [4.69, 9.17) is 20.9 Å². The number of carbonyl (C=O) groups is 1. The Morgan fingerprint density at radius 3 is 2.33 bits per heavy atom. The first kappa shape index (κ1) is 16.8. The number of likely N-dealkylation sites (N-methyl/N-ethyl adjacent to an activating group) is 1. The molecular weight excluding hydrogens is 236 g/mol. The van der Waals surface area contributed by atoms with Crippen molar-refractivity contribution in [2.75, 3.05) is 53.1 Å². The molecule has 0 radical (unpaired) electrons. The number of guanidine groups is 1. The monoisotopic (exact) mass is 260 g/mol. The van der Waals surface area contributed by atoms with Crippen molar-refractivity contribution < 1.29 is 14.3 Å². The first-order valence-corrected chi connectivity index (χ1v) is 5.91. The van der Waals surface area contributed by atoms with Crippen molar-refractivity contribution in [3.05, 3.63) is 0 Å². The molecule has 0 unspecified atom stereocenters. The van der Waals surface area contributed by atoms with Crippen molar-refractivity contribution in [1.29, 1.82) is 0 Å². The second-order valence-electron chi connectivity index (χ2n) is 3.97. The zero-order valence-corrected chi connectivity index (χ0v) is 11.2. The number of nitrogens with zero attached hydrogens (tertiary/aromatic N) is 2. The van der Waals surface area contributed by atoms with Crippen LogP contribution in [-0.2, 0) is 14.3 Å². The molecule has 0 saturated carbocycles. The van der Waals surface area contributed by atoms with Gasteiger partial charge in [0.05, 0.1) is 39.5 Å². The van der Waals surface area contributed by atoms with Crippen molar-refractivity contribution in [2.45, 2.75) is 6.92 Å². The lowest BCUT2D eigenvalue weighted by molar-refractivity contribution is -0.118. The molecule has 106 valence electrons. The summed E-state index contributed by atoms with van der Waals surface area (Å²) in [6.07, 6.45) is 0. The van der Waals surface area contributed by atoms with E-state index >= 15 is 0 Å². The van der Waals surface area contributed by atoms with Gasteiger partial charge in [-0.1, -0.05) is 0 Å². The average Bonchev–Trinajstić information content (AvgIpc) is 2.25. The van der Waals surface area contributed by atoms with Crippen molar-refractivity contribution in [3.63, 3.8) is 0 Å². The number of ether oxygens (including phenoxy) is 2. The van der Waals surface area contributed by atoms with Gasteiger partial charge in [-0.25, -0.2) is 0 Å². The largest absolute Gasteiger partial charge is 0.378 e. The van der Waals surface area contributed by atoms with Crippen molar-refractivity contribution >= 4 is 11.7 Å². The Bertz CT molecular complexity index is 255. The van der Waals surface area contributed by atoms with Crippen LogP contribution in [0.25, 0.3) is 0 Å². The highest BCUT2D eigenvalue weighted by atomic mass is 16.5. The van der Waals surface area contributed by atoms with E-state index < -0.39 is 0 Å². The fraction of sp³-hybridized carbons (Fsp3) is 0.818. The minimum atomic E-state index is 0.0726. The minimum absolute atomic E-state index is 0.0726. The molecule has 18 heavy (non-hydrogen) atoms. The molecule has 0 aromatic rings. The average molecular weight is 260 g/mol. The Morgan fingerprint density at radius 2 is 1.78 bits per heavy atom. The summed E-state index contributed by atoms with van der Waals surface area (Å²) >= 11 is 0. The molecule has 0 fully saturated rings. The first-order valence-electron chi connectivity index (χ1n) is 5.91. The third kappa shape index (κ3) is 12.9. The molecule has 0 aromatic heterocycles. The maximum atomic E-state index is 10.8. The Balaban J connectivity index is 3.21. The molecule has 0 aliphatic carbocycles. The standard InChI is InChI=1S/C11H24N4O3/c1-10(16)9-15(2)4-6-18-8-7-17-5-3-14-11(12)13/h3-9H2,1-2H3,(H4,12,13,14). The Kier molecular flexibility index (Phi) is 10.2. The maximum absolute atomic E-state index is 10.8. The zero-order valence-electron chi connectivity index (χ0n) is 11.2. The second-order valence-corrected chi connectivity index (χ2v) is 3.97. The van der Waals surface area contributed by atoms with E-state index in [0.29, 0.717) is 39.5 Å². The summed E-state index contributed by atoms with van der Waals surface area (Å²) in [7, 11) is 1.89. The van der Waals surface area contributed by atoms with Gasteiger partial charge in [0.25, 0.3) is 0 Å². The van der Waals surface area contributed by atoms with Crippen LogP contribution in [0, 0.1) is 0 Å². The van der Waals surface area contributed by atoms with E-state index in [-0.39, 0.29) is 11.7 Å². The van der Waals surface area contributed by atoms with E-state index in [9.17, 15) is 4.79 Å². The van der Waals surface area contributed by atoms with Crippen LogP contribution in [0.2, 0.25) is 0 Å². The Labute approximate surface area is 108 Å². The molecule has 7 heteroatoms. The normalized spacial score (nSPS) is 10.6. The Morgan fingerprint density at radius 1 is 1.17 bits per heavy atom. The van der Waals surface area contributed by atoms with Crippen molar-refractivity contribution in [1.82, 2.24) is 4.90 Å². The third-order valence-corrected chi connectivity index (χ3v) is 2.01. The summed E-state index contributed by atoms with van der Waals surface area (Å²) in [6, 6.07) is 0. The van der Waals surface area contributed by atoms with Gasteiger partial charge in [-0.3, -0.25) is 14.7 Å². The van der Waals surface area contributed by atoms with Gasteiger partial charge in [0.2, 0.25) is 0 Å². The summed E-state index contributed by atoms with van der Waals surface area (Å²) in [4.78, 5) is 16.5. The summed E-state index contributed by atoms with van der Waals surface area (Å²) in [5.41, 5.74) is 10.3. The Hall–Kier alpha value is -1.18. The molecule has 0 aliphatic heterocycles. The molecule has 0 rings (SSSR count). The lowest BCUT2D eigenvalue weighted by atomic mass is 10.4. The third-order valence-electron chi connectivity index (χ3n) is 2.01. The minimum Gasteiger partial charge on any atom is -0.378 e. The first-order chi connectivity index (χ1) is 8.52. The van der Waals surface area contributed by atoms with Gasteiger partial charge < -0.3 is 20.9 Å². The number of nitrogens with two attached hydrogens (primary N) is 2. The highest BCUT2D eigenvalue weighted by Gasteiger charge is 2.00. The van der Waals surface area contributed by atoms with Gasteiger partial charge in [0.15, 0.2) is 5.96 Å². The number of ketones is 1. The van der Waals surface area contributed by atoms with Crippen LogP contribution >= 0.6 is 0 Å². The van der Waals surface area contributed by atoms with Crippen molar-refractivity contribution in [3.8, 4) is 0 Å². The number of rotatable bonds is 11. The molecule has 0 aromatic carbocycles. The van der Waals surface area contributed by atoms with Gasteiger partial charge >= 0.3 is 0 Å². The molecule has 0 bridgehead atoms. The van der Waals surface area contributed by atoms with E-state index in [1.54, 1.807) is 6.92 Å². The van der Waals surface area contributed by atoms with Gasteiger partial charge in [-0.2, -0.15) is 0 Å². The topological polar surface area (TPSA) is 103 Å². The molecule has 0 atom stereocenters. The number of carbonyl (C=O) groups excluding carboxylic acids is 1. The van der Waals surface area contributed by atoms with Crippen molar-refractivity contribution in [2.24, 2.45) is 16.5 Å². The number of hydrogen-bond acceptors (Lipinski definition) is 5. The number of aliphatic imine (C=N–C) groups is 1. The van der Waals surface area contributed by atoms with Crippen LogP contribution in [-0.4, -0.2) is 69.8 Å². The summed E-state index contributed by atoms with van der Waals surface area (Å²) in [6.45, 7) is 5.32. The fourth-order valence-corrected chi connectivity index (χ4v) is 1.24. The highest BCUT2D eigenvalue weighted by Crippen LogP contribution is 1.85. The second kappa shape index (κ2) is 10.9.